The lowest BCUT2D eigenvalue weighted by atomic mass is 10.0. The summed E-state index contributed by atoms with van der Waals surface area (Å²) in [5.74, 6) is 0. The zero-order valence-electron chi connectivity index (χ0n) is 13.1. The first-order valence-corrected chi connectivity index (χ1v) is 7.64. The third-order valence-electron chi connectivity index (χ3n) is 3.98. The summed E-state index contributed by atoms with van der Waals surface area (Å²) in [6.07, 6.45) is 2.74. The normalized spacial score (nSPS) is 15.0. The van der Waals surface area contributed by atoms with Gasteiger partial charge in [0.25, 0.3) is 0 Å². The van der Waals surface area contributed by atoms with Crippen molar-refractivity contribution in [1.82, 2.24) is 10.2 Å². The molecule has 0 radical (unpaired) electrons. The van der Waals surface area contributed by atoms with Crippen molar-refractivity contribution >= 4 is 11.7 Å². The number of amides is 2. The predicted octanol–water partition coefficient (Wildman–Crippen LogP) is 2.58. The number of nitrogens with zero attached hydrogens (tertiary/aromatic N) is 2. The van der Waals surface area contributed by atoms with Crippen molar-refractivity contribution in [2.45, 2.75) is 20.3 Å². The number of piperazine rings is 1. The second kappa shape index (κ2) is 7.16. The number of para-hydroxylation sites is 1. The van der Waals surface area contributed by atoms with E-state index < -0.39 is 0 Å². The van der Waals surface area contributed by atoms with Gasteiger partial charge in [0, 0.05) is 38.4 Å². The van der Waals surface area contributed by atoms with Crippen molar-refractivity contribution in [2.24, 2.45) is 0 Å². The largest absolute Gasteiger partial charge is 0.368 e. The number of carbonyl (C=O) groups excluding carboxylic acids is 1. The molecule has 0 saturated carbocycles. The van der Waals surface area contributed by atoms with E-state index in [4.69, 9.17) is 0 Å². The molecule has 1 aliphatic heterocycles. The lowest BCUT2D eigenvalue weighted by Crippen LogP contribution is -2.52. The van der Waals surface area contributed by atoms with Crippen LogP contribution < -0.4 is 10.2 Å². The molecule has 2 amide bonds. The van der Waals surface area contributed by atoms with Gasteiger partial charge < -0.3 is 15.1 Å². The molecule has 1 aromatic carbocycles. The molecule has 0 aliphatic carbocycles. The lowest BCUT2D eigenvalue weighted by molar-refractivity contribution is 0.195. The van der Waals surface area contributed by atoms with E-state index in [2.05, 4.69) is 48.8 Å². The minimum atomic E-state index is 0.00930. The number of anilines is 1. The van der Waals surface area contributed by atoms with Gasteiger partial charge in [-0.3, -0.25) is 0 Å². The molecular formula is C17H25N3O. The second-order valence-corrected chi connectivity index (χ2v) is 5.39. The number of aryl methyl sites for hydroxylation is 2. The molecule has 1 aromatic rings. The third-order valence-corrected chi connectivity index (χ3v) is 3.98. The van der Waals surface area contributed by atoms with Crippen molar-refractivity contribution in [3.8, 4) is 0 Å². The zero-order chi connectivity index (χ0) is 15.2. The van der Waals surface area contributed by atoms with Gasteiger partial charge in [-0.2, -0.15) is 0 Å². The zero-order valence-corrected chi connectivity index (χ0v) is 13.1. The summed E-state index contributed by atoms with van der Waals surface area (Å²) in [7, 11) is 0. The standard InChI is InChI=1S/C17H25N3O/c1-4-9-18-17(21)20-12-10-19(11-13-20)16-14(3)7-6-8-15(16)5-2/h4,6-8H,1,5,9-13H2,2-3H3,(H,18,21). The Labute approximate surface area is 127 Å². The second-order valence-electron chi connectivity index (χ2n) is 5.39. The van der Waals surface area contributed by atoms with E-state index in [0.29, 0.717) is 6.54 Å². The van der Waals surface area contributed by atoms with Crippen LogP contribution in [0.5, 0.6) is 0 Å². The molecule has 0 atom stereocenters. The first-order chi connectivity index (χ1) is 10.2. The van der Waals surface area contributed by atoms with Gasteiger partial charge in [0.15, 0.2) is 0 Å². The molecule has 2 rings (SSSR count). The SMILES string of the molecule is C=CCNC(=O)N1CCN(c2c(C)cccc2CC)CC1. The maximum atomic E-state index is 11.9. The van der Waals surface area contributed by atoms with Gasteiger partial charge in [-0.05, 0) is 24.5 Å². The lowest BCUT2D eigenvalue weighted by Gasteiger charge is -2.37. The highest BCUT2D eigenvalue weighted by atomic mass is 16.2. The van der Waals surface area contributed by atoms with Crippen LogP contribution in [0.2, 0.25) is 0 Å². The Morgan fingerprint density at radius 3 is 2.67 bits per heavy atom. The maximum Gasteiger partial charge on any atom is 0.317 e. The molecule has 21 heavy (non-hydrogen) atoms. The fourth-order valence-corrected chi connectivity index (χ4v) is 2.86. The highest BCUT2D eigenvalue weighted by molar-refractivity contribution is 5.74. The molecule has 0 spiro atoms. The molecule has 1 fully saturated rings. The van der Waals surface area contributed by atoms with Crippen LogP contribution in [0.3, 0.4) is 0 Å². The number of rotatable bonds is 4. The molecular weight excluding hydrogens is 262 g/mol. The van der Waals surface area contributed by atoms with Gasteiger partial charge in [-0.15, -0.1) is 6.58 Å². The van der Waals surface area contributed by atoms with E-state index in [1.54, 1.807) is 6.08 Å². The summed E-state index contributed by atoms with van der Waals surface area (Å²) < 4.78 is 0. The van der Waals surface area contributed by atoms with E-state index in [1.807, 2.05) is 4.90 Å². The Morgan fingerprint density at radius 2 is 2.05 bits per heavy atom. The predicted molar refractivity (Wildman–Crippen MR) is 87.9 cm³/mol. The first kappa shape index (κ1) is 15.4. The third kappa shape index (κ3) is 3.57. The van der Waals surface area contributed by atoms with Crippen LogP contribution in [0.1, 0.15) is 18.1 Å². The molecule has 4 heteroatoms. The quantitative estimate of drug-likeness (QED) is 0.864. The fraction of sp³-hybridized carbons (Fsp3) is 0.471. The highest BCUT2D eigenvalue weighted by Crippen LogP contribution is 2.26. The average Bonchev–Trinajstić information content (AvgIpc) is 2.52. The van der Waals surface area contributed by atoms with Crippen LogP contribution in [-0.4, -0.2) is 43.7 Å². The smallest absolute Gasteiger partial charge is 0.317 e. The summed E-state index contributed by atoms with van der Waals surface area (Å²) in [6, 6.07) is 6.50. The molecule has 0 unspecified atom stereocenters. The molecule has 114 valence electrons. The van der Waals surface area contributed by atoms with Gasteiger partial charge in [0.2, 0.25) is 0 Å². The Hall–Kier alpha value is -1.97. The molecule has 1 saturated heterocycles. The van der Waals surface area contributed by atoms with E-state index >= 15 is 0 Å². The Kier molecular flexibility index (Phi) is 5.26. The van der Waals surface area contributed by atoms with Crippen molar-refractivity contribution in [2.75, 3.05) is 37.6 Å². The Balaban J connectivity index is 2.01. The van der Waals surface area contributed by atoms with Gasteiger partial charge >= 0.3 is 6.03 Å². The molecule has 1 N–H and O–H groups in total. The Morgan fingerprint density at radius 1 is 1.33 bits per heavy atom. The first-order valence-electron chi connectivity index (χ1n) is 7.64. The van der Waals surface area contributed by atoms with E-state index in [-0.39, 0.29) is 6.03 Å². The summed E-state index contributed by atoms with van der Waals surface area (Å²) in [5, 5.41) is 2.84. The van der Waals surface area contributed by atoms with Gasteiger partial charge in [0.1, 0.15) is 0 Å². The van der Waals surface area contributed by atoms with Crippen LogP contribution in [-0.2, 0) is 6.42 Å². The highest BCUT2D eigenvalue weighted by Gasteiger charge is 2.22. The number of benzene rings is 1. The molecule has 0 bridgehead atoms. The Bertz CT molecular complexity index is 505. The van der Waals surface area contributed by atoms with Crippen molar-refractivity contribution in [3.05, 3.63) is 42.0 Å². The van der Waals surface area contributed by atoms with Crippen LogP contribution in [0.4, 0.5) is 10.5 Å². The van der Waals surface area contributed by atoms with Gasteiger partial charge in [-0.25, -0.2) is 4.79 Å². The topological polar surface area (TPSA) is 35.6 Å². The number of urea groups is 1. The van der Waals surface area contributed by atoms with Crippen LogP contribution in [0, 0.1) is 6.92 Å². The maximum absolute atomic E-state index is 11.9. The van der Waals surface area contributed by atoms with Crippen LogP contribution in [0.25, 0.3) is 0 Å². The van der Waals surface area contributed by atoms with E-state index in [1.165, 1.54) is 16.8 Å². The summed E-state index contributed by atoms with van der Waals surface area (Å²) in [5.41, 5.74) is 4.06. The number of carbonyl (C=O) groups is 1. The summed E-state index contributed by atoms with van der Waals surface area (Å²) in [4.78, 5) is 16.2. The number of hydrogen-bond donors (Lipinski definition) is 1. The van der Waals surface area contributed by atoms with Crippen LogP contribution >= 0.6 is 0 Å². The van der Waals surface area contributed by atoms with Crippen molar-refractivity contribution < 1.29 is 4.79 Å². The minimum absolute atomic E-state index is 0.00930. The summed E-state index contributed by atoms with van der Waals surface area (Å²) >= 11 is 0. The summed E-state index contributed by atoms with van der Waals surface area (Å²) in [6.45, 7) is 11.8. The van der Waals surface area contributed by atoms with Gasteiger partial charge in [-0.1, -0.05) is 31.2 Å². The van der Waals surface area contributed by atoms with E-state index in [9.17, 15) is 4.79 Å². The molecule has 0 aromatic heterocycles. The number of nitrogens with one attached hydrogen (secondary N) is 1. The molecule has 4 nitrogen and oxygen atoms in total. The minimum Gasteiger partial charge on any atom is -0.368 e. The average molecular weight is 287 g/mol. The number of hydrogen-bond acceptors (Lipinski definition) is 2. The molecule has 1 heterocycles. The van der Waals surface area contributed by atoms with E-state index in [0.717, 1.165) is 32.6 Å². The fourth-order valence-electron chi connectivity index (χ4n) is 2.86. The van der Waals surface area contributed by atoms with Crippen molar-refractivity contribution in [1.29, 1.82) is 0 Å². The van der Waals surface area contributed by atoms with Crippen LogP contribution in [0.15, 0.2) is 30.9 Å². The van der Waals surface area contributed by atoms with Crippen molar-refractivity contribution in [3.63, 3.8) is 0 Å². The molecule has 1 aliphatic rings. The van der Waals surface area contributed by atoms with Gasteiger partial charge in [0.05, 0.1) is 0 Å². The monoisotopic (exact) mass is 287 g/mol.